The molecule has 0 aromatic heterocycles. The summed E-state index contributed by atoms with van der Waals surface area (Å²) >= 11 is 0. The number of hydrogen-bond acceptors (Lipinski definition) is 4. The van der Waals surface area contributed by atoms with Crippen molar-refractivity contribution >= 4 is 11.9 Å². The zero-order valence-electron chi connectivity index (χ0n) is 15.1. The van der Waals surface area contributed by atoms with Gasteiger partial charge in [-0.2, -0.15) is 0 Å². The first-order chi connectivity index (χ1) is 12.5. The first-order valence-electron chi connectivity index (χ1n) is 9.22. The highest BCUT2D eigenvalue weighted by molar-refractivity contribution is 5.78. The molecule has 4 rings (SSSR count). The maximum absolute atomic E-state index is 12.3. The van der Waals surface area contributed by atoms with Gasteiger partial charge in [0.2, 0.25) is 12.7 Å². The summed E-state index contributed by atoms with van der Waals surface area (Å²) in [5, 5.41) is 2.80. The standard InChI is InChI=1S/C19H25N3O4/c1-19(11-14-2-3-15-16(10-14)26-13-25-15)5-4-17(23)22(12-19)9-8-21-7-6-20-18(21)24/h2-3,10H,4-9,11-13H2,1H3,(H,20,24)/t19-/m0/s1. The predicted octanol–water partition coefficient (Wildman–Crippen LogP) is 1.61. The highest BCUT2D eigenvalue weighted by Crippen LogP contribution is 2.37. The lowest BCUT2D eigenvalue weighted by molar-refractivity contribution is -0.137. The molecule has 0 spiro atoms. The van der Waals surface area contributed by atoms with Crippen molar-refractivity contribution in [2.24, 2.45) is 5.41 Å². The lowest BCUT2D eigenvalue weighted by atomic mass is 9.76. The number of likely N-dealkylation sites (tertiary alicyclic amines) is 1. The number of carbonyl (C=O) groups excluding carboxylic acids is 2. The van der Waals surface area contributed by atoms with Crippen LogP contribution in [0.25, 0.3) is 0 Å². The summed E-state index contributed by atoms with van der Waals surface area (Å²) in [6.45, 7) is 5.84. The number of amides is 3. The lowest BCUT2D eigenvalue weighted by Crippen LogP contribution is -2.49. The van der Waals surface area contributed by atoms with Crippen molar-refractivity contribution in [1.29, 1.82) is 0 Å². The lowest BCUT2D eigenvalue weighted by Gasteiger charge is -2.41. The van der Waals surface area contributed by atoms with E-state index in [1.807, 2.05) is 17.0 Å². The second-order valence-corrected chi connectivity index (χ2v) is 7.71. The second kappa shape index (κ2) is 6.70. The van der Waals surface area contributed by atoms with Crippen LogP contribution in [0.2, 0.25) is 0 Å². The highest BCUT2D eigenvalue weighted by atomic mass is 16.7. The van der Waals surface area contributed by atoms with E-state index in [0.29, 0.717) is 26.1 Å². The summed E-state index contributed by atoms with van der Waals surface area (Å²) in [6.07, 6.45) is 2.33. The fourth-order valence-electron chi connectivity index (χ4n) is 4.05. The molecule has 3 aliphatic rings. The molecule has 0 bridgehead atoms. The molecule has 2 saturated heterocycles. The highest BCUT2D eigenvalue weighted by Gasteiger charge is 2.35. The minimum absolute atomic E-state index is 0.0227. The van der Waals surface area contributed by atoms with Crippen LogP contribution in [0.5, 0.6) is 11.5 Å². The van der Waals surface area contributed by atoms with Gasteiger partial charge in [-0.1, -0.05) is 13.0 Å². The van der Waals surface area contributed by atoms with Crippen LogP contribution in [0.1, 0.15) is 25.3 Å². The summed E-state index contributed by atoms with van der Waals surface area (Å²) in [6, 6.07) is 6.05. The SMILES string of the molecule is C[C@@]1(Cc2ccc3c(c2)OCO3)CCC(=O)N(CCN2CCNC2=O)C1. The van der Waals surface area contributed by atoms with E-state index in [1.54, 1.807) is 4.90 Å². The molecule has 1 aromatic rings. The Labute approximate surface area is 153 Å². The predicted molar refractivity (Wildman–Crippen MR) is 95.2 cm³/mol. The van der Waals surface area contributed by atoms with Crippen LogP contribution in [-0.2, 0) is 11.2 Å². The molecule has 3 aliphatic heterocycles. The van der Waals surface area contributed by atoms with Crippen LogP contribution in [0, 0.1) is 5.41 Å². The van der Waals surface area contributed by atoms with Crippen LogP contribution >= 0.6 is 0 Å². The van der Waals surface area contributed by atoms with Crippen LogP contribution in [0.4, 0.5) is 4.79 Å². The van der Waals surface area contributed by atoms with Crippen molar-refractivity contribution in [3.63, 3.8) is 0 Å². The molecule has 0 radical (unpaired) electrons. The molecule has 0 aliphatic carbocycles. The molecular weight excluding hydrogens is 334 g/mol. The van der Waals surface area contributed by atoms with E-state index in [1.165, 1.54) is 5.56 Å². The van der Waals surface area contributed by atoms with Crippen LogP contribution < -0.4 is 14.8 Å². The number of urea groups is 1. The molecule has 7 nitrogen and oxygen atoms in total. The molecule has 3 heterocycles. The number of ether oxygens (including phenoxy) is 2. The minimum atomic E-state index is -0.0300. The van der Waals surface area contributed by atoms with Gasteiger partial charge in [0, 0.05) is 39.1 Å². The van der Waals surface area contributed by atoms with Crippen molar-refractivity contribution in [2.45, 2.75) is 26.2 Å². The first kappa shape index (κ1) is 17.0. The van der Waals surface area contributed by atoms with Gasteiger partial charge in [0.15, 0.2) is 11.5 Å². The molecule has 0 saturated carbocycles. The van der Waals surface area contributed by atoms with Crippen LogP contribution in [0.3, 0.4) is 0 Å². The fraction of sp³-hybridized carbons (Fsp3) is 0.579. The quantitative estimate of drug-likeness (QED) is 0.867. The topological polar surface area (TPSA) is 71.1 Å². The zero-order chi connectivity index (χ0) is 18.1. The van der Waals surface area contributed by atoms with Gasteiger partial charge < -0.3 is 24.6 Å². The molecule has 140 valence electrons. The first-order valence-corrected chi connectivity index (χ1v) is 9.22. The Kier molecular flexibility index (Phi) is 4.38. The van der Waals surface area contributed by atoms with Gasteiger partial charge in [0.05, 0.1) is 0 Å². The van der Waals surface area contributed by atoms with Gasteiger partial charge in [-0.3, -0.25) is 4.79 Å². The summed E-state index contributed by atoms with van der Waals surface area (Å²) in [7, 11) is 0. The van der Waals surface area contributed by atoms with Gasteiger partial charge in [0.25, 0.3) is 0 Å². The van der Waals surface area contributed by atoms with Crippen molar-refractivity contribution in [1.82, 2.24) is 15.1 Å². The molecular formula is C19H25N3O4. The maximum atomic E-state index is 12.3. The summed E-state index contributed by atoms with van der Waals surface area (Å²) in [5.41, 5.74) is 1.22. The van der Waals surface area contributed by atoms with Gasteiger partial charge >= 0.3 is 6.03 Å². The third-order valence-corrected chi connectivity index (χ3v) is 5.52. The number of piperidine rings is 1. The van der Waals surface area contributed by atoms with Crippen molar-refractivity contribution in [3.05, 3.63) is 23.8 Å². The average molecular weight is 359 g/mol. The Morgan fingerprint density at radius 2 is 1.96 bits per heavy atom. The zero-order valence-corrected chi connectivity index (χ0v) is 15.1. The smallest absolute Gasteiger partial charge is 0.317 e. The molecule has 3 amide bonds. The van der Waals surface area contributed by atoms with E-state index >= 15 is 0 Å². The van der Waals surface area contributed by atoms with Gasteiger partial charge in [-0.15, -0.1) is 0 Å². The van der Waals surface area contributed by atoms with Crippen molar-refractivity contribution in [3.8, 4) is 11.5 Å². The molecule has 1 atom stereocenters. The van der Waals surface area contributed by atoms with E-state index < -0.39 is 0 Å². The third-order valence-electron chi connectivity index (χ3n) is 5.52. The van der Waals surface area contributed by atoms with Gasteiger partial charge in [-0.25, -0.2) is 4.79 Å². The Hall–Kier alpha value is -2.44. The molecule has 2 fully saturated rings. The number of hydrogen-bond donors (Lipinski definition) is 1. The van der Waals surface area contributed by atoms with Gasteiger partial charge in [-0.05, 0) is 36.0 Å². The monoisotopic (exact) mass is 359 g/mol. The third kappa shape index (κ3) is 3.43. The summed E-state index contributed by atoms with van der Waals surface area (Å²) < 4.78 is 10.9. The fourth-order valence-corrected chi connectivity index (χ4v) is 4.05. The summed E-state index contributed by atoms with van der Waals surface area (Å²) in [5.74, 6) is 1.78. The van der Waals surface area contributed by atoms with Crippen LogP contribution in [-0.4, -0.2) is 61.3 Å². The molecule has 26 heavy (non-hydrogen) atoms. The van der Waals surface area contributed by atoms with E-state index in [-0.39, 0.29) is 24.1 Å². The average Bonchev–Trinajstić information content (AvgIpc) is 3.24. The molecule has 0 unspecified atom stereocenters. The Morgan fingerprint density at radius 1 is 1.15 bits per heavy atom. The van der Waals surface area contributed by atoms with E-state index in [2.05, 4.69) is 18.3 Å². The summed E-state index contributed by atoms with van der Waals surface area (Å²) in [4.78, 5) is 27.7. The molecule has 7 heteroatoms. The Morgan fingerprint density at radius 3 is 2.77 bits per heavy atom. The second-order valence-electron chi connectivity index (χ2n) is 7.71. The number of rotatable bonds is 5. The molecule has 1 aromatic carbocycles. The van der Waals surface area contributed by atoms with Crippen LogP contribution in [0.15, 0.2) is 18.2 Å². The minimum Gasteiger partial charge on any atom is -0.454 e. The van der Waals surface area contributed by atoms with E-state index in [0.717, 1.165) is 37.4 Å². The maximum Gasteiger partial charge on any atom is 0.317 e. The Balaban J connectivity index is 1.39. The van der Waals surface area contributed by atoms with E-state index in [4.69, 9.17) is 9.47 Å². The number of nitrogens with zero attached hydrogens (tertiary/aromatic N) is 2. The number of benzene rings is 1. The van der Waals surface area contributed by atoms with Crippen molar-refractivity contribution < 1.29 is 19.1 Å². The van der Waals surface area contributed by atoms with Crippen molar-refractivity contribution in [2.75, 3.05) is 39.5 Å². The number of carbonyl (C=O) groups is 2. The van der Waals surface area contributed by atoms with Gasteiger partial charge in [0.1, 0.15) is 0 Å². The largest absolute Gasteiger partial charge is 0.454 e. The number of fused-ring (bicyclic) bond motifs is 1. The Bertz CT molecular complexity index is 723. The molecule has 1 N–H and O–H groups in total. The van der Waals surface area contributed by atoms with E-state index in [9.17, 15) is 9.59 Å². The normalized spacial score (nSPS) is 25.0. The number of nitrogens with one attached hydrogen (secondary N) is 1.